The molecule has 0 aromatic heterocycles. The smallest absolute Gasteiger partial charge is 0.408 e. The van der Waals surface area contributed by atoms with E-state index >= 15 is 0 Å². The van der Waals surface area contributed by atoms with Gasteiger partial charge in [-0.2, -0.15) is 0 Å². The van der Waals surface area contributed by atoms with E-state index in [0.717, 1.165) is 0 Å². The summed E-state index contributed by atoms with van der Waals surface area (Å²) in [6.45, 7) is 3.53. The maximum absolute atomic E-state index is 11.0. The minimum Gasteiger partial charge on any atom is -0.464 e. The van der Waals surface area contributed by atoms with Crippen LogP contribution in [-0.2, 0) is 19.1 Å². The van der Waals surface area contributed by atoms with Crippen LogP contribution in [0.15, 0.2) is 0 Å². The molecule has 7 heteroatoms. The molecule has 0 rings (SSSR count). The molecule has 0 aromatic rings. The largest absolute Gasteiger partial charge is 0.464 e. The van der Waals surface area contributed by atoms with Crippen LogP contribution in [0.3, 0.4) is 0 Å². The van der Waals surface area contributed by atoms with Gasteiger partial charge < -0.3 is 19.6 Å². The van der Waals surface area contributed by atoms with Gasteiger partial charge in [0, 0.05) is 29.6 Å². The van der Waals surface area contributed by atoms with Crippen molar-refractivity contribution in [2.75, 3.05) is 13.2 Å². The number of alkyl carbamates (subject to hydrolysis) is 1. The maximum Gasteiger partial charge on any atom is 0.408 e. The van der Waals surface area contributed by atoms with Crippen molar-refractivity contribution >= 4 is 47.9 Å². The second kappa shape index (κ2) is 9.95. The number of nitrogens with one attached hydrogen (secondary N) is 1. The number of hydrogen-bond acceptors (Lipinski definition) is 5. The van der Waals surface area contributed by atoms with E-state index in [1.807, 2.05) is 5.32 Å². The summed E-state index contributed by atoms with van der Waals surface area (Å²) >= 11 is 0. The molecule has 0 spiro atoms. The van der Waals surface area contributed by atoms with Crippen molar-refractivity contribution in [1.82, 2.24) is 5.32 Å². The van der Waals surface area contributed by atoms with Gasteiger partial charge in [-0.25, -0.2) is 9.59 Å². The second-order valence-electron chi connectivity index (χ2n) is 2.23. The first-order valence-corrected chi connectivity index (χ1v) is 4.20. The predicted octanol–water partition coefficient (Wildman–Crippen LogP) is -0.518. The molecular weight excluding hydrogens is 213 g/mol. The van der Waals surface area contributed by atoms with E-state index in [9.17, 15) is 14.4 Å². The van der Waals surface area contributed by atoms with Gasteiger partial charge in [0.1, 0.15) is 0 Å². The normalized spacial score (nSPS) is 10.5. The molecule has 0 bridgehead atoms. The number of rotatable bonds is 5. The van der Waals surface area contributed by atoms with Gasteiger partial charge in [0.15, 0.2) is 12.3 Å². The molecule has 15 heavy (non-hydrogen) atoms. The first kappa shape index (κ1) is 16.8. The second-order valence-corrected chi connectivity index (χ2v) is 2.23. The first-order chi connectivity index (χ1) is 6.65. The number of aldehydes is 1. The summed E-state index contributed by atoms with van der Waals surface area (Å²) < 4.78 is 9.02. The van der Waals surface area contributed by atoms with Crippen molar-refractivity contribution in [2.45, 2.75) is 19.9 Å². The van der Waals surface area contributed by atoms with Crippen molar-refractivity contribution in [3.8, 4) is 0 Å². The number of hydrogen-bond donors (Lipinski definition) is 1. The molecule has 0 aromatic carbocycles. The molecule has 0 fully saturated rings. The van der Waals surface area contributed by atoms with E-state index in [1.165, 1.54) is 0 Å². The molecule has 6 nitrogen and oxygen atoms in total. The van der Waals surface area contributed by atoms with E-state index < -0.39 is 18.1 Å². The van der Waals surface area contributed by atoms with Crippen molar-refractivity contribution in [3.05, 3.63) is 0 Å². The average Bonchev–Trinajstić information content (AvgIpc) is 2.15. The molecule has 1 radical (unpaired) electrons. The van der Waals surface area contributed by atoms with E-state index in [2.05, 4.69) is 9.47 Å². The SMILES string of the molecule is CCOC(=O)NC(C=O)C(=O)OCC.[Na]. The van der Waals surface area contributed by atoms with Gasteiger partial charge in [-0.15, -0.1) is 0 Å². The Labute approximate surface area is 110 Å². The number of esters is 1. The van der Waals surface area contributed by atoms with Gasteiger partial charge in [0.2, 0.25) is 0 Å². The van der Waals surface area contributed by atoms with Crippen LogP contribution in [0.2, 0.25) is 0 Å². The maximum atomic E-state index is 11.0. The van der Waals surface area contributed by atoms with Crippen LogP contribution in [0.4, 0.5) is 4.79 Å². The molecule has 0 aliphatic rings. The van der Waals surface area contributed by atoms with Crippen molar-refractivity contribution in [1.29, 1.82) is 0 Å². The Morgan fingerprint density at radius 3 is 2.20 bits per heavy atom. The zero-order valence-corrected chi connectivity index (χ0v) is 11.1. The third-order valence-corrected chi connectivity index (χ3v) is 1.23. The molecule has 0 saturated carbocycles. The Balaban J connectivity index is 0. The zero-order chi connectivity index (χ0) is 11.0. The molecule has 1 amide bonds. The van der Waals surface area contributed by atoms with Crippen LogP contribution < -0.4 is 5.32 Å². The Morgan fingerprint density at radius 1 is 1.27 bits per heavy atom. The van der Waals surface area contributed by atoms with Gasteiger partial charge in [-0.3, -0.25) is 0 Å². The van der Waals surface area contributed by atoms with Crippen molar-refractivity contribution < 1.29 is 23.9 Å². The van der Waals surface area contributed by atoms with E-state index in [0.29, 0.717) is 0 Å². The van der Waals surface area contributed by atoms with Gasteiger partial charge in [0.25, 0.3) is 0 Å². The number of carbonyl (C=O) groups is 3. The number of amides is 1. The average molecular weight is 226 g/mol. The molecule has 0 heterocycles. The monoisotopic (exact) mass is 226 g/mol. The fourth-order valence-corrected chi connectivity index (χ4v) is 0.680. The first-order valence-electron chi connectivity index (χ1n) is 4.20. The quantitative estimate of drug-likeness (QED) is 0.295. The molecule has 1 unspecified atom stereocenters. The fraction of sp³-hybridized carbons (Fsp3) is 0.625. The fourth-order valence-electron chi connectivity index (χ4n) is 0.680. The minimum atomic E-state index is -1.30. The Hall–Kier alpha value is -0.590. The number of ether oxygens (including phenoxy) is 2. The molecule has 1 N–H and O–H groups in total. The summed E-state index contributed by atoms with van der Waals surface area (Å²) in [5.74, 6) is -0.796. The van der Waals surface area contributed by atoms with Gasteiger partial charge in [-0.05, 0) is 13.8 Å². The van der Waals surface area contributed by atoms with Crippen LogP contribution in [0.1, 0.15) is 13.8 Å². The molecular formula is C8H13NNaO5. The number of carbonyl (C=O) groups excluding carboxylic acids is 3. The van der Waals surface area contributed by atoms with Gasteiger partial charge in [0.05, 0.1) is 13.2 Å². The Kier molecular flexibility index (Phi) is 11.2. The van der Waals surface area contributed by atoms with Gasteiger partial charge >= 0.3 is 12.1 Å². The topological polar surface area (TPSA) is 81.7 Å². The van der Waals surface area contributed by atoms with Crippen LogP contribution in [0.5, 0.6) is 0 Å². The Morgan fingerprint density at radius 2 is 1.80 bits per heavy atom. The van der Waals surface area contributed by atoms with Crippen LogP contribution in [0.25, 0.3) is 0 Å². The molecule has 81 valence electrons. The third-order valence-electron chi connectivity index (χ3n) is 1.23. The van der Waals surface area contributed by atoms with Crippen LogP contribution in [-0.4, -0.2) is 67.2 Å². The Bertz CT molecular complexity index is 221. The van der Waals surface area contributed by atoms with Gasteiger partial charge in [-0.1, -0.05) is 0 Å². The minimum absolute atomic E-state index is 0. The van der Waals surface area contributed by atoms with Crippen molar-refractivity contribution in [2.24, 2.45) is 0 Å². The molecule has 1 atom stereocenters. The molecule has 0 aliphatic carbocycles. The van der Waals surface area contributed by atoms with E-state index in [-0.39, 0.29) is 49.1 Å². The summed E-state index contributed by atoms with van der Waals surface area (Å²) in [5, 5.41) is 2.05. The zero-order valence-electron chi connectivity index (χ0n) is 9.11. The standard InChI is InChI=1S/C8H13NO5.Na/c1-3-13-7(11)6(5-10)9-8(12)14-4-2;/h5-6H,3-4H2,1-2H3,(H,9,12);. The van der Waals surface area contributed by atoms with Crippen LogP contribution in [0, 0.1) is 0 Å². The van der Waals surface area contributed by atoms with Crippen LogP contribution >= 0.6 is 0 Å². The predicted molar refractivity (Wildman–Crippen MR) is 52.4 cm³/mol. The van der Waals surface area contributed by atoms with E-state index in [1.54, 1.807) is 13.8 Å². The summed E-state index contributed by atoms with van der Waals surface area (Å²) in [5.41, 5.74) is 0. The molecule has 0 saturated heterocycles. The summed E-state index contributed by atoms with van der Waals surface area (Å²) in [6, 6.07) is -1.30. The summed E-state index contributed by atoms with van der Waals surface area (Å²) in [7, 11) is 0. The molecule has 0 aliphatic heterocycles. The van der Waals surface area contributed by atoms with E-state index in [4.69, 9.17) is 0 Å². The van der Waals surface area contributed by atoms with Crippen molar-refractivity contribution in [3.63, 3.8) is 0 Å². The summed E-state index contributed by atoms with van der Waals surface area (Å²) in [6.07, 6.45) is -0.535. The third kappa shape index (κ3) is 7.35. The summed E-state index contributed by atoms with van der Waals surface area (Å²) in [4.78, 5) is 32.2.